The molecule has 0 spiro atoms. The summed E-state index contributed by atoms with van der Waals surface area (Å²) in [6.07, 6.45) is 4.22. The number of carbonyl (C=O) groups is 1. The fraction of sp³-hybridized carbons (Fsp3) is 0.615. The zero-order chi connectivity index (χ0) is 11.5. The van der Waals surface area contributed by atoms with Gasteiger partial charge in [0.25, 0.3) is 0 Å². The molecule has 1 aliphatic rings. The van der Waals surface area contributed by atoms with Gasteiger partial charge in [-0.1, -0.05) is 6.92 Å². The number of hydrogen-bond acceptors (Lipinski definition) is 2. The van der Waals surface area contributed by atoms with Crippen LogP contribution in [0.15, 0.2) is 18.3 Å². The molecule has 1 N–H and O–H groups in total. The number of Topliss-reactive ketones (excluding diaryl/α,β-unsaturated/α-hetero) is 1. The predicted octanol–water partition coefficient (Wildman–Crippen LogP) is 2.32. The van der Waals surface area contributed by atoms with Crippen LogP contribution in [0, 0.1) is 5.92 Å². The van der Waals surface area contributed by atoms with Crippen molar-refractivity contribution >= 4 is 5.78 Å². The minimum atomic E-state index is 0.200. The molecule has 1 aromatic rings. The molecule has 88 valence electrons. The average Bonchev–Trinajstić information content (AvgIpc) is 2.75. The van der Waals surface area contributed by atoms with E-state index in [0.717, 1.165) is 18.2 Å². The Balaban J connectivity index is 1.92. The molecule has 16 heavy (non-hydrogen) atoms. The van der Waals surface area contributed by atoms with Crippen molar-refractivity contribution < 1.29 is 4.79 Å². The molecule has 2 heterocycles. The molecule has 0 aliphatic carbocycles. The number of nitrogens with one attached hydrogen (secondary N) is 1. The Morgan fingerprint density at radius 2 is 2.38 bits per heavy atom. The first-order valence-electron chi connectivity index (χ1n) is 6.07. The van der Waals surface area contributed by atoms with Gasteiger partial charge in [-0.05, 0) is 44.4 Å². The number of hydrogen-bond donors (Lipinski definition) is 1. The molecule has 1 fully saturated rings. The SMILES string of the molecule is CC1CCN(CC(=O)c2ccc[nH]2)C(C)C1. The van der Waals surface area contributed by atoms with Crippen LogP contribution < -0.4 is 0 Å². The van der Waals surface area contributed by atoms with Crippen LogP contribution >= 0.6 is 0 Å². The van der Waals surface area contributed by atoms with E-state index in [-0.39, 0.29) is 5.78 Å². The Kier molecular flexibility index (Phi) is 3.44. The molecule has 2 atom stereocenters. The normalized spacial score (nSPS) is 26.9. The van der Waals surface area contributed by atoms with Crippen molar-refractivity contribution in [2.45, 2.75) is 32.7 Å². The zero-order valence-electron chi connectivity index (χ0n) is 10.1. The quantitative estimate of drug-likeness (QED) is 0.794. The largest absolute Gasteiger partial charge is 0.359 e. The van der Waals surface area contributed by atoms with Crippen molar-refractivity contribution in [1.82, 2.24) is 9.88 Å². The summed E-state index contributed by atoms with van der Waals surface area (Å²) in [5.41, 5.74) is 0.728. The van der Waals surface area contributed by atoms with Gasteiger partial charge in [-0.15, -0.1) is 0 Å². The lowest BCUT2D eigenvalue weighted by Crippen LogP contribution is -2.43. The zero-order valence-corrected chi connectivity index (χ0v) is 10.1. The lowest BCUT2D eigenvalue weighted by Gasteiger charge is -2.35. The van der Waals surface area contributed by atoms with E-state index in [1.165, 1.54) is 12.8 Å². The summed E-state index contributed by atoms with van der Waals surface area (Å²) in [5, 5.41) is 0. The van der Waals surface area contributed by atoms with Gasteiger partial charge in [0.2, 0.25) is 0 Å². The van der Waals surface area contributed by atoms with E-state index < -0.39 is 0 Å². The second-order valence-electron chi connectivity index (χ2n) is 4.96. The van der Waals surface area contributed by atoms with Crippen molar-refractivity contribution in [3.8, 4) is 0 Å². The molecule has 0 bridgehead atoms. The lowest BCUT2D eigenvalue weighted by atomic mass is 9.93. The number of rotatable bonds is 3. The van der Waals surface area contributed by atoms with Gasteiger partial charge in [0.15, 0.2) is 5.78 Å². The Morgan fingerprint density at radius 3 is 3.00 bits per heavy atom. The Labute approximate surface area is 96.8 Å². The van der Waals surface area contributed by atoms with E-state index in [1.807, 2.05) is 12.1 Å². The summed E-state index contributed by atoms with van der Waals surface area (Å²) in [5.74, 6) is 0.998. The molecular formula is C13H20N2O. The third-order valence-corrected chi connectivity index (χ3v) is 3.52. The third-order valence-electron chi connectivity index (χ3n) is 3.52. The van der Waals surface area contributed by atoms with E-state index >= 15 is 0 Å². The second kappa shape index (κ2) is 4.83. The van der Waals surface area contributed by atoms with Crippen molar-refractivity contribution in [2.75, 3.05) is 13.1 Å². The number of aromatic nitrogens is 1. The molecule has 1 aromatic heterocycles. The van der Waals surface area contributed by atoms with E-state index in [1.54, 1.807) is 6.20 Å². The Hall–Kier alpha value is -1.09. The van der Waals surface area contributed by atoms with Gasteiger partial charge in [0.05, 0.1) is 12.2 Å². The van der Waals surface area contributed by atoms with Crippen LogP contribution in [-0.4, -0.2) is 34.8 Å². The van der Waals surface area contributed by atoms with E-state index in [0.29, 0.717) is 12.6 Å². The number of aromatic amines is 1. The highest BCUT2D eigenvalue weighted by molar-refractivity contribution is 5.95. The minimum absolute atomic E-state index is 0.200. The number of nitrogens with zero attached hydrogens (tertiary/aromatic N) is 1. The van der Waals surface area contributed by atoms with Gasteiger partial charge in [0, 0.05) is 12.2 Å². The topological polar surface area (TPSA) is 36.1 Å². The van der Waals surface area contributed by atoms with E-state index in [2.05, 4.69) is 23.7 Å². The first-order chi connectivity index (χ1) is 7.66. The highest BCUT2D eigenvalue weighted by atomic mass is 16.1. The van der Waals surface area contributed by atoms with Crippen LogP contribution in [0.25, 0.3) is 0 Å². The number of carbonyl (C=O) groups excluding carboxylic acids is 1. The molecule has 0 radical (unpaired) electrons. The van der Waals surface area contributed by atoms with Gasteiger partial charge in [0.1, 0.15) is 0 Å². The fourth-order valence-corrected chi connectivity index (χ4v) is 2.46. The minimum Gasteiger partial charge on any atom is -0.359 e. The summed E-state index contributed by atoms with van der Waals surface area (Å²) in [4.78, 5) is 17.2. The molecule has 0 saturated carbocycles. The maximum Gasteiger partial charge on any atom is 0.192 e. The summed E-state index contributed by atoms with van der Waals surface area (Å²) in [6.45, 7) is 6.11. The van der Waals surface area contributed by atoms with E-state index in [9.17, 15) is 4.79 Å². The standard InChI is InChI=1S/C13H20N2O/c1-10-5-7-15(11(2)8-10)9-13(16)12-4-3-6-14-12/h3-4,6,10-11,14H,5,7-9H2,1-2H3. The van der Waals surface area contributed by atoms with Crippen molar-refractivity contribution in [1.29, 1.82) is 0 Å². The summed E-state index contributed by atoms with van der Waals surface area (Å²) >= 11 is 0. The maximum atomic E-state index is 11.9. The molecule has 0 aromatic carbocycles. The molecule has 2 rings (SSSR count). The van der Waals surface area contributed by atoms with Gasteiger partial charge in [-0.3, -0.25) is 9.69 Å². The third kappa shape index (κ3) is 2.53. The molecule has 3 nitrogen and oxygen atoms in total. The van der Waals surface area contributed by atoms with Gasteiger partial charge in [-0.25, -0.2) is 0 Å². The first kappa shape index (κ1) is 11.4. The van der Waals surface area contributed by atoms with Crippen molar-refractivity contribution in [2.24, 2.45) is 5.92 Å². The monoisotopic (exact) mass is 220 g/mol. The van der Waals surface area contributed by atoms with Crippen molar-refractivity contribution in [3.63, 3.8) is 0 Å². The molecule has 0 amide bonds. The van der Waals surface area contributed by atoms with Crippen LogP contribution in [0.3, 0.4) is 0 Å². The Morgan fingerprint density at radius 1 is 1.56 bits per heavy atom. The molecule has 2 unspecified atom stereocenters. The smallest absolute Gasteiger partial charge is 0.192 e. The fourth-order valence-electron chi connectivity index (χ4n) is 2.46. The van der Waals surface area contributed by atoms with Crippen molar-refractivity contribution in [3.05, 3.63) is 24.0 Å². The summed E-state index contributed by atoms with van der Waals surface area (Å²) < 4.78 is 0. The Bertz CT molecular complexity index is 345. The molecular weight excluding hydrogens is 200 g/mol. The molecule has 3 heteroatoms. The van der Waals surface area contributed by atoms with Gasteiger partial charge in [-0.2, -0.15) is 0 Å². The number of piperidine rings is 1. The van der Waals surface area contributed by atoms with Crippen LogP contribution in [0.4, 0.5) is 0 Å². The van der Waals surface area contributed by atoms with Crippen LogP contribution in [-0.2, 0) is 0 Å². The van der Waals surface area contributed by atoms with Crippen LogP contribution in [0.5, 0.6) is 0 Å². The number of H-pyrrole nitrogens is 1. The number of ketones is 1. The summed E-state index contributed by atoms with van der Waals surface area (Å²) in [6, 6.07) is 4.25. The van der Waals surface area contributed by atoms with E-state index in [4.69, 9.17) is 0 Å². The van der Waals surface area contributed by atoms with Gasteiger partial charge >= 0.3 is 0 Å². The highest BCUT2D eigenvalue weighted by Gasteiger charge is 2.24. The number of likely N-dealkylation sites (tertiary alicyclic amines) is 1. The molecule has 1 saturated heterocycles. The average molecular weight is 220 g/mol. The summed E-state index contributed by atoms with van der Waals surface area (Å²) in [7, 11) is 0. The predicted molar refractivity (Wildman–Crippen MR) is 64.6 cm³/mol. The highest BCUT2D eigenvalue weighted by Crippen LogP contribution is 2.21. The second-order valence-corrected chi connectivity index (χ2v) is 4.96. The maximum absolute atomic E-state index is 11.9. The van der Waals surface area contributed by atoms with Gasteiger partial charge < -0.3 is 4.98 Å². The lowest BCUT2D eigenvalue weighted by molar-refractivity contribution is 0.0812. The van der Waals surface area contributed by atoms with Crippen LogP contribution in [0.2, 0.25) is 0 Å². The first-order valence-corrected chi connectivity index (χ1v) is 6.07. The van der Waals surface area contributed by atoms with Crippen LogP contribution in [0.1, 0.15) is 37.2 Å². The molecule has 1 aliphatic heterocycles.